The van der Waals surface area contributed by atoms with E-state index in [1.807, 2.05) is 18.2 Å². The minimum Gasteiger partial charge on any atom is -0.465 e. The lowest BCUT2D eigenvalue weighted by atomic mass is 10.2. The van der Waals surface area contributed by atoms with E-state index in [2.05, 4.69) is 5.32 Å². The van der Waals surface area contributed by atoms with Gasteiger partial charge < -0.3 is 10.1 Å². The zero-order chi connectivity index (χ0) is 18.0. The molecule has 3 aromatic rings. The van der Waals surface area contributed by atoms with Crippen LogP contribution in [0.5, 0.6) is 0 Å². The SMILES string of the molecule is COC(=O)c1ccccc1NC(=O)Cn1c(=O)n(C)c2ccccc21. The molecule has 0 aliphatic heterocycles. The first-order chi connectivity index (χ1) is 12.0. The van der Waals surface area contributed by atoms with Gasteiger partial charge >= 0.3 is 11.7 Å². The summed E-state index contributed by atoms with van der Waals surface area (Å²) in [6.45, 7) is -0.157. The molecule has 0 saturated heterocycles. The number of hydrogen-bond donors (Lipinski definition) is 1. The van der Waals surface area contributed by atoms with Gasteiger partial charge in [-0.15, -0.1) is 0 Å². The maximum absolute atomic E-state index is 12.4. The van der Waals surface area contributed by atoms with E-state index in [4.69, 9.17) is 4.74 Å². The third-order valence-corrected chi connectivity index (χ3v) is 3.96. The number of para-hydroxylation sites is 3. The minimum atomic E-state index is -0.543. The highest BCUT2D eigenvalue weighted by atomic mass is 16.5. The van der Waals surface area contributed by atoms with Crippen LogP contribution in [0.4, 0.5) is 5.69 Å². The van der Waals surface area contributed by atoms with Crippen molar-refractivity contribution in [1.29, 1.82) is 0 Å². The molecule has 0 unspecified atom stereocenters. The molecule has 7 heteroatoms. The summed E-state index contributed by atoms with van der Waals surface area (Å²) in [5.74, 6) is -0.951. The molecule has 0 bridgehead atoms. The topological polar surface area (TPSA) is 82.3 Å². The van der Waals surface area contributed by atoms with Crippen LogP contribution >= 0.6 is 0 Å². The highest BCUT2D eigenvalue weighted by molar-refractivity contribution is 6.01. The van der Waals surface area contributed by atoms with Gasteiger partial charge in [-0.25, -0.2) is 9.59 Å². The van der Waals surface area contributed by atoms with Crippen molar-refractivity contribution in [3.05, 3.63) is 64.6 Å². The lowest BCUT2D eigenvalue weighted by Crippen LogP contribution is -2.28. The Kier molecular flexibility index (Phi) is 4.38. The van der Waals surface area contributed by atoms with Gasteiger partial charge in [0.15, 0.2) is 0 Å². The number of nitrogens with one attached hydrogen (secondary N) is 1. The number of carbonyl (C=O) groups excluding carboxylic acids is 2. The number of rotatable bonds is 4. The number of anilines is 1. The highest BCUT2D eigenvalue weighted by Gasteiger charge is 2.16. The maximum atomic E-state index is 12.4. The number of imidazole rings is 1. The number of ether oxygens (including phenoxy) is 1. The summed E-state index contributed by atoms with van der Waals surface area (Å²) >= 11 is 0. The lowest BCUT2D eigenvalue weighted by Gasteiger charge is -2.10. The third kappa shape index (κ3) is 3.03. The van der Waals surface area contributed by atoms with E-state index in [9.17, 15) is 14.4 Å². The molecule has 0 aliphatic carbocycles. The van der Waals surface area contributed by atoms with E-state index >= 15 is 0 Å². The van der Waals surface area contributed by atoms with Gasteiger partial charge in [0, 0.05) is 7.05 Å². The van der Waals surface area contributed by atoms with Crippen LogP contribution in [-0.2, 0) is 23.1 Å². The number of benzene rings is 2. The van der Waals surface area contributed by atoms with Gasteiger partial charge in [-0.3, -0.25) is 13.9 Å². The Morgan fingerprint density at radius 1 is 1.04 bits per heavy atom. The molecule has 1 aromatic heterocycles. The molecular weight excluding hydrogens is 322 g/mol. The van der Waals surface area contributed by atoms with Crippen molar-refractivity contribution in [1.82, 2.24) is 9.13 Å². The normalized spacial score (nSPS) is 10.6. The number of amides is 1. The van der Waals surface area contributed by atoms with Crippen LogP contribution < -0.4 is 11.0 Å². The summed E-state index contributed by atoms with van der Waals surface area (Å²) < 4.78 is 7.59. The third-order valence-electron chi connectivity index (χ3n) is 3.96. The number of aromatic nitrogens is 2. The number of esters is 1. The summed E-state index contributed by atoms with van der Waals surface area (Å²) in [5, 5.41) is 2.67. The molecule has 0 saturated carbocycles. The van der Waals surface area contributed by atoms with Gasteiger partial charge in [0.05, 0.1) is 29.4 Å². The number of nitrogens with zero attached hydrogens (tertiary/aromatic N) is 2. The standard InChI is InChI=1S/C18H17N3O4/c1-20-14-9-5-6-10-15(14)21(18(20)24)11-16(22)19-13-8-4-3-7-12(13)17(23)25-2/h3-10H,11H2,1-2H3,(H,19,22). The van der Waals surface area contributed by atoms with Crippen molar-refractivity contribution in [3.8, 4) is 0 Å². The van der Waals surface area contributed by atoms with E-state index in [-0.39, 0.29) is 17.8 Å². The number of fused-ring (bicyclic) bond motifs is 1. The molecule has 7 nitrogen and oxygen atoms in total. The summed E-state index contributed by atoms with van der Waals surface area (Å²) in [4.78, 5) is 36.6. The summed E-state index contributed by atoms with van der Waals surface area (Å²) in [6, 6.07) is 13.8. The lowest BCUT2D eigenvalue weighted by molar-refractivity contribution is -0.116. The Hall–Kier alpha value is -3.35. The van der Waals surface area contributed by atoms with Crippen molar-refractivity contribution in [2.24, 2.45) is 7.05 Å². The molecule has 3 rings (SSSR count). The van der Waals surface area contributed by atoms with Gasteiger partial charge in [-0.2, -0.15) is 0 Å². The Labute approximate surface area is 143 Å². The fourth-order valence-electron chi connectivity index (χ4n) is 2.73. The fraction of sp³-hybridized carbons (Fsp3) is 0.167. The van der Waals surface area contributed by atoms with E-state index in [1.165, 1.54) is 16.2 Å². The van der Waals surface area contributed by atoms with E-state index in [0.29, 0.717) is 11.2 Å². The second-order valence-corrected chi connectivity index (χ2v) is 5.50. The van der Waals surface area contributed by atoms with Gasteiger partial charge in [0.1, 0.15) is 6.54 Å². The summed E-state index contributed by atoms with van der Waals surface area (Å²) in [6.07, 6.45) is 0. The minimum absolute atomic E-state index is 0.157. The summed E-state index contributed by atoms with van der Waals surface area (Å²) in [7, 11) is 2.93. The van der Waals surface area contributed by atoms with Crippen LogP contribution in [0.1, 0.15) is 10.4 Å². The first-order valence-electron chi connectivity index (χ1n) is 7.64. The molecule has 0 radical (unpaired) electrons. The Morgan fingerprint density at radius 3 is 2.40 bits per heavy atom. The first-order valence-corrected chi connectivity index (χ1v) is 7.64. The molecule has 128 valence electrons. The van der Waals surface area contributed by atoms with E-state index in [0.717, 1.165) is 5.52 Å². The van der Waals surface area contributed by atoms with E-state index < -0.39 is 11.9 Å². The Balaban J connectivity index is 1.89. The quantitative estimate of drug-likeness (QED) is 0.735. The number of aryl methyl sites for hydroxylation is 1. The molecule has 0 fully saturated rings. The van der Waals surface area contributed by atoms with Gasteiger partial charge in [0.2, 0.25) is 5.91 Å². The smallest absolute Gasteiger partial charge is 0.339 e. The van der Waals surface area contributed by atoms with Crippen molar-refractivity contribution in [2.45, 2.75) is 6.54 Å². The molecular formula is C18H17N3O4. The molecule has 0 aliphatic rings. The molecule has 1 heterocycles. The zero-order valence-electron chi connectivity index (χ0n) is 13.9. The Bertz CT molecular complexity index is 1020. The Morgan fingerprint density at radius 2 is 1.68 bits per heavy atom. The van der Waals surface area contributed by atoms with Crippen molar-refractivity contribution < 1.29 is 14.3 Å². The van der Waals surface area contributed by atoms with Crippen LogP contribution in [0, 0.1) is 0 Å². The maximum Gasteiger partial charge on any atom is 0.339 e. The first kappa shape index (κ1) is 16.5. The predicted octanol–water partition coefficient (Wildman–Crippen LogP) is 1.77. The monoisotopic (exact) mass is 339 g/mol. The van der Waals surface area contributed by atoms with Crippen LogP contribution in [-0.4, -0.2) is 28.1 Å². The molecule has 1 N–H and O–H groups in total. The van der Waals surface area contributed by atoms with Crippen LogP contribution in [0.2, 0.25) is 0 Å². The number of carbonyl (C=O) groups is 2. The second kappa shape index (κ2) is 6.64. The molecule has 0 spiro atoms. The van der Waals surface area contributed by atoms with Crippen LogP contribution in [0.25, 0.3) is 11.0 Å². The predicted molar refractivity (Wildman–Crippen MR) is 93.6 cm³/mol. The van der Waals surface area contributed by atoms with Crippen molar-refractivity contribution in [3.63, 3.8) is 0 Å². The molecule has 0 atom stereocenters. The summed E-state index contributed by atoms with van der Waals surface area (Å²) in [5.41, 5.74) is 1.73. The van der Waals surface area contributed by atoms with Crippen LogP contribution in [0.15, 0.2) is 53.3 Å². The van der Waals surface area contributed by atoms with Gasteiger partial charge in [-0.1, -0.05) is 24.3 Å². The van der Waals surface area contributed by atoms with E-state index in [1.54, 1.807) is 37.4 Å². The van der Waals surface area contributed by atoms with Crippen LogP contribution in [0.3, 0.4) is 0 Å². The van der Waals surface area contributed by atoms with Gasteiger partial charge in [-0.05, 0) is 24.3 Å². The number of hydrogen-bond acceptors (Lipinski definition) is 4. The fourth-order valence-corrected chi connectivity index (χ4v) is 2.73. The average molecular weight is 339 g/mol. The van der Waals surface area contributed by atoms with Crippen molar-refractivity contribution >= 4 is 28.6 Å². The number of methoxy groups -OCH3 is 1. The average Bonchev–Trinajstić information content (AvgIpc) is 2.87. The largest absolute Gasteiger partial charge is 0.465 e. The van der Waals surface area contributed by atoms with Crippen molar-refractivity contribution in [2.75, 3.05) is 12.4 Å². The van der Waals surface area contributed by atoms with Gasteiger partial charge in [0.25, 0.3) is 0 Å². The highest BCUT2D eigenvalue weighted by Crippen LogP contribution is 2.17. The molecule has 1 amide bonds. The zero-order valence-corrected chi connectivity index (χ0v) is 13.9. The second-order valence-electron chi connectivity index (χ2n) is 5.50. The molecule has 2 aromatic carbocycles. The molecule has 25 heavy (non-hydrogen) atoms.